The van der Waals surface area contributed by atoms with Gasteiger partial charge in [-0.05, 0) is 32.1 Å². The summed E-state index contributed by atoms with van der Waals surface area (Å²) in [5.74, 6) is -0.759. The van der Waals surface area contributed by atoms with Gasteiger partial charge in [-0.1, -0.05) is 68.4 Å². The van der Waals surface area contributed by atoms with E-state index in [1.807, 2.05) is 30.4 Å². The lowest BCUT2D eigenvalue weighted by Crippen LogP contribution is -2.20. The van der Waals surface area contributed by atoms with Crippen LogP contribution in [-0.2, 0) is 4.79 Å². The highest BCUT2D eigenvalue weighted by atomic mass is 16.4. The standard InChI is InChI=1S/C20H32O4/c1-2-3-4-9-12-15-18(21)19(22)16-13-10-7-5-6-8-11-14-17-20(23)24/h6-8,10,12-13,15-16,18-19,21-22H,2-5,9,11,14,17H2,1H3,(H,23,24)/b8-6+,10-7+,15-12+,16-13+. The molecule has 0 aliphatic rings. The van der Waals surface area contributed by atoms with Crippen LogP contribution in [0.25, 0.3) is 0 Å². The van der Waals surface area contributed by atoms with Crippen molar-refractivity contribution in [1.82, 2.24) is 0 Å². The molecular formula is C20H32O4. The van der Waals surface area contributed by atoms with Crippen LogP contribution in [0.5, 0.6) is 0 Å². The third-order valence-corrected chi connectivity index (χ3v) is 3.41. The molecule has 0 saturated heterocycles. The summed E-state index contributed by atoms with van der Waals surface area (Å²) in [4.78, 5) is 10.3. The molecule has 0 aliphatic carbocycles. The minimum Gasteiger partial charge on any atom is -0.481 e. The second-order valence-corrected chi connectivity index (χ2v) is 5.71. The molecule has 0 spiro atoms. The summed E-state index contributed by atoms with van der Waals surface area (Å²) in [6, 6.07) is 0. The summed E-state index contributed by atoms with van der Waals surface area (Å²) in [6.45, 7) is 2.15. The van der Waals surface area contributed by atoms with Crippen LogP contribution in [0.15, 0.2) is 48.6 Å². The van der Waals surface area contributed by atoms with Crippen molar-refractivity contribution >= 4 is 5.97 Å². The molecule has 136 valence electrons. The Morgan fingerprint density at radius 1 is 0.875 bits per heavy atom. The SMILES string of the molecule is CCCCC/C=C/C(O)C(O)/C=C/C=C/C/C=C/CCCC(=O)O. The number of carboxylic acid groups (broad SMARTS) is 1. The first-order valence-corrected chi connectivity index (χ1v) is 8.80. The van der Waals surface area contributed by atoms with Crippen molar-refractivity contribution in [3.63, 3.8) is 0 Å². The number of hydrogen-bond acceptors (Lipinski definition) is 3. The van der Waals surface area contributed by atoms with E-state index < -0.39 is 18.2 Å². The number of carboxylic acids is 1. The fraction of sp³-hybridized carbons (Fsp3) is 0.550. The maximum Gasteiger partial charge on any atom is 0.303 e. The average Bonchev–Trinajstić information content (AvgIpc) is 2.55. The zero-order chi connectivity index (χ0) is 18.0. The van der Waals surface area contributed by atoms with E-state index in [4.69, 9.17) is 5.11 Å². The Balaban J connectivity index is 3.82. The number of unbranched alkanes of at least 4 members (excludes halogenated alkanes) is 4. The van der Waals surface area contributed by atoms with Gasteiger partial charge in [-0.2, -0.15) is 0 Å². The predicted molar refractivity (Wildman–Crippen MR) is 98.8 cm³/mol. The van der Waals surface area contributed by atoms with Gasteiger partial charge in [0.05, 0.1) is 0 Å². The molecule has 0 rings (SSSR count). The van der Waals surface area contributed by atoms with Crippen LogP contribution in [0.4, 0.5) is 0 Å². The van der Waals surface area contributed by atoms with Gasteiger partial charge in [0.2, 0.25) is 0 Å². The van der Waals surface area contributed by atoms with E-state index in [2.05, 4.69) is 6.92 Å². The van der Waals surface area contributed by atoms with Crippen LogP contribution >= 0.6 is 0 Å². The molecule has 4 nitrogen and oxygen atoms in total. The Hall–Kier alpha value is -1.65. The quantitative estimate of drug-likeness (QED) is 0.253. The smallest absolute Gasteiger partial charge is 0.303 e. The van der Waals surface area contributed by atoms with E-state index in [9.17, 15) is 15.0 Å². The van der Waals surface area contributed by atoms with E-state index in [1.54, 1.807) is 18.2 Å². The van der Waals surface area contributed by atoms with Crippen LogP contribution in [0.2, 0.25) is 0 Å². The van der Waals surface area contributed by atoms with Crippen LogP contribution in [0.1, 0.15) is 58.3 Å². The fourth-order valence-electron chi connectivity index (χ4n) is 1.97. The van der Waals surface area contributed by atoms with Crippen molar-refractivity contribution in [3.8, 4) is 0 Å². The third kappa shape index (κ3) is 15.3. The zero-order valence-corrected chi connectivity index (χ0v) is 14.7. The van der Waals surface area contributed by atoms with E-state index >= 15 is 0 Å². The summed E-state index contributed by atoms with van der Waals surface area (Å²) < 4.78 is 0. The number of carbonyl (C=O) groups is 1. The molecule has 0 fully saturated rings. The first-order valence-electron chi connectivity index (χ1n) is 8.80. The second-order valence-electron chi connectivity index (χ2n) is 5.71. The maximum atomic E-state index is 10.3. The summed E-state index contributed by atoms with van der Waals surface area (Å²) in [7, 11) is 0. The van der Waals surface area contributed by atoms with Crippen molar-refractivity contribution in [2.45, 2.75) is 70.5 Å². The Morgan fingerprint density at radius 2 is 1.58 bits per heavy atom. The lowest BCUT2D eigenvalue weighted by Gasteiger charge is -2.09. The van der Waals surface area contributed by atoms with Gasteiger partial charge >= 0.3 is 5.97 Å². The molecular weight excluding hydrogens is 304 g/mol. The van der Waals surface area contributed by atoms with Crippen LogP contribution in [0, 0.1) is 0 Å². The molecule has 0 aliphatic heterocycles. The maximum absolute atomic E-state index is 10.3. The Kier molecular flexibility index (Phi) is 15.1. The monoisotopic (exact) mass is 336 g/mol. The van der Waals surface area contributed by atoms with Gasteiger partial charge in [-0.15, -0.1) is 0 Å². The molecule has 0 saturated carbocycles. The first-order chi connectivity index (χ1) is 11.6. The predicted octanol–water partition coefficient (Wildman–Crippen LogP) is 4.16. The van der Waals surface area contributed by atoms with Crippen molar-refractivity contribution in [2.24, 2.45) is 0 Å². The zero-order valence-electron chi connectivity index (χ0n) is 14.7. The molecule has 24 heavy (non-hydrogen) atoms. The van der Waals surface area contributed by atoms with Gasteiger partial charge in [-0.3, -0.25) is 4.79 Å². The van der Waals surface area contributed by atoms with Crippen LogP contribution in [-0.4, -0.2) is 33.5 Å². The average molecular weight is 336 g/mol. The number of aliphatic carboxylic acids is 1. The minimum absolute atomic E-state index is 0.205. The highest BCUT2D eigenvalue weighted by molar-refractivity contribution is 5.66. The van der Waals surface area contributed by atoms with Gasteiger partial charge in [0.25, 0.3) is 0 Å². The van der Waals surface area contributed by atoms with Crippen molar-refractivity contribution in [1.29, 1.82) is 0 Å². The van der Waals surface area contributed by atoms with Gasteiger partial charge in [0, 0.05) is 6.42 Å². The van der Waals surface area contributed by atoms with Crippen LogP contribution in [0.3, 0.4) is 0 Å². The highest BCUT2D eigenvalue weighted by Crippen LogP contribution is 2.03. The molecule has 0 aromatic heterocycles. The Labute approximate surface area is 145 Å². The molecule has 0 bridgehead atoms. The normalized spacial score (nSPS) is 15.1. The summed E-state index contributed by atoms with van der Waals surface area (Å²) in [5, 5.41) is 28.0. The van der Waals surface area contributed by atoms with Gasteiger partial charge < -0.3 is 15.3 Å². The van der Waals surface area contributed by atoms with E-state index in [1.165, 1.54) is 12.8 Å². The Bertz CT molecular complexity index is 421. The molecule has 0 aromatic carbocycles. The molecule has 2 atom stereocenters. The first kappa shape index (κ1) is 22.4. The minimum atomic E-state index is -0.899. The van der Waals surface area contributed by atoms with Gasteiger partial charge in [0.1, 0.15) is 12.2 Å². The van der Waals surface area contributed by atoms with E-state index in [0.717, 1.165) is 25.7 Å². The molecule has 0 radical (unpaired) electrons. The van der Waals surface area contributed by atoms with E-state index in [0.29, 0.717) is 6.42 Å². The van der Waals surface area contributed by atoms with Crippen molar-refractivity contribution in [2.75, 3.05) is 0 Å². The van der Waals surface area contributed by atoms with Gasteiger partial charge in [0.15, 0.2) is 0 Å². The number of hydrogen-bond donors (Lipinski definition) is 3. The summed E-state index contributed by atoms with van der Waals surface area (Å²) >= 11 is 0. The number of aliphatic hydroxyl groups is 2. The van der Waals surface area contributed by atoms with Crippen LogP contribution < -0.4 is 0 Å². The van der Waals surface area contributed by atoms with E-state index in [-0.39, 0.29) is 6.42 Å². The van der Waals surface area contributed by atoms with Crippen molar-refractivity contribution in [3.05, 3.63) is 48.6 Å². The largest absolute Gasteiger partial charge is 0.481 e. The van der Waals surface area contributed by atoms with Crippen molar-refractivity contribution < 1.29 is 20.1 Å². The molecule has 0 aromatic rings. The highest BCUT2D eigenvalue weighted by Gasteiger charge is 2.07. The molecule has 4 heteroatoms. The Morgan fingerprint density at radius 3 is 2.29 bits per heavy atom. The van der Waals surface area contributed by atoms with Gasteiger partial charge in [-0.25, -0.2) is 0 Å². The fourth-order valence-corrected chi connectivity index (χ4v) is 1.97. The topological polar surface area (TPSA) is 77.8 Å². The summed E-state index contributed by atoms with van der Waals surface area (Å²) in [5.41, 5.74) is 0. The molecule has 0 heterocycles. The molecule has 3 N–H and O–H groups in total. The summed E-state index contributed by atoms with van der Waals surface area (Å²) in [6.07, 6.45) is 19.6. The number of rotatable bonds is 14. The lowest BCUT2D eigenvalue weighted by atomic mass is 10.1. The molecule has 2 unspecified atom stereocenters. The third-order valence-electron chi connectivity index (χ3n) is 3.41. The number of allylic oxidation sites excluding steroid dienone is 6. The molecule has 0 amide bonds. The lowest BCUT2D eigenvalue weighted by molar-refractivity contribution is -0.137. The number of aliphatic hydroxyl groups excluding tert-OH is 2. The second kappa shape index (κ2) is 16.2.